The largest absolute Gasteiger partial charge is 0.456 e. The van der Waals surface area contributed by atoms with Crippen molar-refractivity contribution in [2.45, 2.75) is 13.8 Å². The Labute approximate surface area is 147 Å². The highest BCUT2D eigenvalue weighted by Crippen LogP contribution is 2.12. The maximum absolute atomic E-state index is 12.3. The molecule has 0 atom stereocenters. The van der Waals surface area contributed by atoms with Gasteiger partial charge in [-0.15, -0.1) is 0 Å². The van der Waals surface area contributed by atoms with Crippen molar-refractivity contribution < 1.29 is 14.0 Å². The first kappa shape index (κ1) is 17.2. The molecule has 1 saturated heterocycles. The zero-order chi connectivity index (χ0) is 17.8. The summed E-state index contributed by atoms with van der Waals surface area (Å²) < 4.78 is 5.40. The highest BCUT2D eigenvalue weighted by Gasteiger charge is 2.24. The van der Waals surface area contributed by atoms with Crippen LogP contribution in [0.25, 0.3) is 0 Å². The van der Waals surface area contributed by atoms with Crippen LogP contribution >= 0.6 is 0 Å². The van der Waals surface area contributed by atoms with Crippen LogP contribution < -0.4 is 5.32 Å². The highest BCUT2D eigenvalue weighted by molar-refractivity contribution is 5.92. The van der Waals surface area contributed by atoms with E-state index in [1.165, 1.54) is 0 Å². The lowest BCUT2D eigenvalue weighted by Gasteiger charge is -2.33. The lowest BCUT2D eigenvalue weighted by atomic mass is 10.2. The average Bonchev–Trinajstić information content (AvgIpc) is 3.03. The number of amides is 2. The van der Waals surface area contributed by atoms with E-state index >= 15 is 0 Å². The Morgan fingerprint density at radius 1 is 1.00 bits per heavy atom. The van der Waals surface area contributed by atoms with E-state index in [0.717, 1.165) is 17.0 Å². The number of hydrogen-bond acceptors (Lipinski definition) is 4. The molecule has 1 aromatic carbocycles. The second kappa shape index (κ2) is 7.53. The topological polar surface area (TPSA) is 65.8 Å². The first-order valence-corrected chi connectivity index (χ1v) is 8.46. The van der Waals surface area contributed by atoms with E-state index in [9.17, 15) is 9.59 Å². The fourth-order valence-electron chi connectivity index (χ4n) is 2.85. The summed E-state index contributed by atoms with van der Waals surface area (Å²) in [5, 5.41) is 2.90. The lowest BCUT2D eigenvalue weighted by molar-refractivity contribution is -0.117. The van der Waals surface area contributed by atoms with Gasteiger partial charge in [0.1, 0.15) is 5.76 Å². The van der Waals surface area contributed by atoms with E-state index in [-0.39, 0.29) is 11.8 Å². The summed E-state index contributed by atoms with van der Waals surface area (Å²) in [7, 11) is 0. The fourth-order valence-corrected chi connectivity index (χ4v) is 2.85. The molecule has 0 bridgehead atoms. The molecule has 2 heterocycles. The van der Waals surface area contributed by atoms with Crippen LogP contribution in [0, 0.1) is 13.8 Å². The van der Waals surface area contributed by atoms with Crippen molar-refractivity contribution in [1.82, 2.24) is 9.80 Å². The average molecular weight is 341 g/mol. The third-order valence-electron chi connectivity index (χ3n) is 4.31. The fraction of sp³-hybridized carbons (Fsp3) is 0.368. The molecule has 0 radical (unpaired) electrons. The van der Waals surface area contributed by atoms with E-state index in [0.29, 0.717) is 38.5 Å². The summed E-state index contributed by atoms with van der Waals surface area (Å²) in [6.07, 6.45) is 0. The Morgan fingerprint density at radius 2 is 1.68 bits per heavy atom. The Bertz CT molecular complexity index is 744. The van der Waals surface area contributed by atoms with Gasteiger partial charge in [-0.1, -0.05) is 17.7 Å². The number of rotatable bonds is 4. The van der Waals surface area contributed by atoms with Crippen LogP contribution in [0.4, 0.5) is 5.69 Å². The van der Waals surface area contributed by atoms with Gasteiger partial charge < -0.3 is 14.6 Å². The van der Waals surface area contributed by atoms with Crippen molar-refractivity contribution in [3.05, 3.63) is 53.5 Å². The number of furan rings is 1. The number of nitrogens with zero attached hydrogens (tertiary/aromatic N) is 2. The van der Waals surface area contributed by atoms with E-state index in [2.05, 4.69) is 10.2 Å². The Morgan fingerprint density at radius 3 is 2.28 bits per heavy atom. The van der Waals surface area contributed by atoms with E-state index in [4.69, 9.17) is 4.42 Å². The molecule has 25 heavy (non-hydrogen) atoms. The molecule has 0 saturated carbocycles. The molecule has 6 nitrogen and oxygen atoms in total. The standard InChI is InChI=1S/C19H23N3O3/c1-14-3-6-16(7-4-14)20-18(23)13-21-9-11-22(12-10-21)19(24)17-8-5-15(2)25-17/h3-8H,9-13H2,1-2H3,(H,20,23). The Kier molecular flexibility index (Phi) is 5.19. The quantitative estimate of drug-likeness (QED) is 0.927. The molecule has 1 aliphatic rings. The SMILES string of the molecule is Cc1ccc(NC(=O)CN2CCN(C(=O)c3ccc(C)o3)CC2)cc1. The van der Waals surface area contributed by atoms with Gasteiger partial charge in [0, 0.05) is 31.9 Å². The van der Waals surface area contributed by atoms with Gasteiger partial charge in [0.15, 0.2) is 5.76 Å². The van der Waals surface area contributed by atoms with Gasteiger partial charge in [0.05, 0.1) is 6.54 Å². The third-order valence-corrected chi connectivity index (χ3v) is 4.31. The maximum Gasteiger partial charge on any atom is 0.289 e. The van der Waals surface area contributed by atoms with Gasteiger partial charge >= 0.3 is 0 Å². The molecule has 2 amide bonds. The number of anilines is 1. The van der Waals surface area contributed by atoms with Crippen molar-refractivity contribution in [2.24, 2.45) is 0 Å². The second-order valence-corrected chi connectivity index (χ2v) is 6.39. The number of hydrogen-bond donors (Lipinski definition) is 1. The number of carbonyl (C=O) groups excluding carboxylic acids is 2. The number of aryl methyl sites for hydroxylation is 2. The van der Waals surface area contributed by atoms with Gasteiger partial charge in [-0.2, -0.15) is 0 Å². The molecule has 1 aromatic heterocycles. The highest BCUT2D eigenvalue weighted by atomic mass is 16.3. The van der Waals surface area contributed by atoms with Gasteiger partial charge in [-0.05, 0) is 38.1 Å². The van der Waals surface area contributed by atoms with Crippen LogP contribution in [0.2, 0.25) is 0 Å². The van der Waals surface area contributed by atoms with Crippen LogP contribution in [0.5, 0.6) is 0 Å². The van der Waals surface area contributed by atoms with E-state index in [1.54, 1.807) is 17.0 Å². The van der Waals surface area contributed by atoms with E-state index < -0.39 is 0 Å². The minimum Gasteiger partial charge on any atom is -0.456 e. The third kappa shape index (κ3) is 4.48. The first-order chi connectivity index (χ1) is 12.0. The van der Waals surface area contributed by atoms with Crippen molar-refractivity contribution >= 4 is 17.5 Å². The zero-order valence-corrected chi connectivity index (χ0v) is 14.6. The molecule has 1 N–H and O–H groups in total. The van der Waals surface area contributed by atoms with Gasteiger partial charge in [-0.3, -0.25) is 14.5 Å². The molecule has 132 valence electrons. The number of carbonyl (C=O) groups is 2. The van der Waals surface area contributed by atoms with Gasteiger partial charge in [0.2, 0.25) is 5.91 Å². The summed E-state index contributed by atoms with van der Waals surface area (Å²) in [4.78, 5) is 28.3. The summed E-state index contributed by atoms with van der Waals surface area (Å²) >= 11 is 0. The van der Waals surface area contributed by atoms with Gasteiger partial charge in [0.25, 0.3) is 5.91 Å². The van der Waals surface area contributed by atoms with Gasteiger partial charge in [-0.25, -0.2) is 0 Å². The number of benzene rings is 1. The maximum atomic E-state index is 12.3. The normalized spacial score (nSPS) is 15.2. The molecule has 2 aromatic rings. The number of nitrogens with one attached hydrogen (secondary N) is 1. The van der Waals surface area contributed by atoms with E-state index in [1.807, 2.05) is 38.1 Å². The van der Waals surface area contributed by atoms with Crippen LogP contribution in [-0.4, -0.2) is 54.3 Å². The smallest absolute Gasteiger partial charge is 0.289 e. The summed E-state index contributed by atoms with van der Waals surface area (Å²) in [6, 6.07) is 11.2. The Hall–Kier alpha value is -2.60. The molecule has 1 fully saturated rings. The van der Waals surface area contributed by atoms with Crippen molar-refractivity contribution in [2.75, 3.05) is 38.0 Å². The van der Waals surface area contributed by atoms with Crippen LogP contribution in [0.1, 0.15) is 21.9 Å². The minimum atomic E-state index is -0.0862. The van der Waals surface area contributed by atoms with Crippen LogP contribution in [0.3, 0.4) is 0 Å². The van der Waals surface area contributed by atoms with Crippen molar-refractivity contribution in [3.63, 3.8) is 0 Å². The summed E-state index contributed by atoms with van der Waals surface area (Å²) in [5.41, 5.74) is 1.96. The van der Waals surface area contributed by atoms with Crippen LogP contribution in [0.15, 0.2) is 40.8 Å². The molecule has 0 spiro atoms. The molecule has 0 unspecified atom stereocenters. The van der Waals surface area contributed by atoms with Crippen molar-refractivity contribution in [3.8, 4) is 0 Å². The second-order valence-electron chi connectivity index (χ2n) is 6.39. The molecular weight excluding hydrogens is 318 g/mol. The summed E-state index contributed by atoms with van der Waals surface area (Å²) in [6.45, 7) is 6.69. The molecule has 0 aliphatic carbocycles. The molecule has 3 rings (SSSR count). The monoisotopic (exact) mass is 341 g/mol. The van der Waals surface area contributed by atoms with Crippen molar-refractivity contribution in [1.29, 1.82) is 0 Å². The number of piperazine rings is 1. The lowest BCUT2D eigenvalue weighted by Crippen LogP contribution is -2.50. The predicted octanol–water partition coefficient (Wildman–Crippen LogP) is 2.29. The minimum absolute atomic E-state index is 0.0368. The summed E-state index contributed by atoms with van der Waals surface area (Å²) in [5.74, 6) is 0.986. The zero-order valence-electron chi connectivity index (χ0n) is 14.6. The predicted molar refractivity (Wildman–Crippen MR) is 95.6 cm³/mol. The first-order valence-electron chi connectivity index (χ1n) is 8.46. The molecular formula is C19H23N3O3. The Balaban J connectivity index is 1.46. The molecule has 1 aliphatic heterocycles. The molecule has 6 heteroatoms. The van der Waals surface area contributed by atoms with Crippen LogP contribution in [-0.2, 0) is 4.79 Å².